The van der Waals surface area contributed by atoms with Crippen molar-refractivity contribution in [1.29, 1.82) is 0 Å². The molecule has 2 aliphatic rings. The zero-order chi connectivity index (χ0) is 14.6. The highest BCUT2D eigenvalue weighted by Crippen LogP contribution is 2.34. The van der Waals surface area contributed by atoms with Gasteiger partial charge >= 0.3 is 5.97 Å². The summed E-state index contributed by atoms with van der Waals surface area (Å²) in [4.78, 5) is 26.3. The van der Waals surface area contributed by atoms with Gasteiger partial charge in [-0.15, -0.1) is 0 Å². The van der Waals surface area contributed by atoms with E-state index in [9.17, 15) is 9.59 Å². The summed E-state index contributed by atoms with van der Waals surface area (Å²) >= 11 is 0. The van der Waals surface area contributed by atoms with Crippen LogP contribution < -0.4 is 5.32 Å². The molecule has 1 amide bonds. The highest BCUT2D eigenvalue weighted by Gasteiger charge is 2.43. The molecule has 0 spiro atoms. The van der Waals surface area contributed by atoms with E-state index in [4.69, 9.17) is 4.74 Å². The van der Waals surface area contributed by atoms with E-state index in [1.807, 2.05) is 4.90 Å². The summed E-state index contributed by atoms with van der Waals surface area (Å²) in [6.07, 6.45) is 4.39. The number of ether oxygens (including phenoxy) is 1. The number of nitrogens with one attached hydrogen (secondary N) is 1. The zero-order valence-corrected chi connectivity index (χ0v) is 12.6. The van der Waals surface area contributed by atoms with E-state index in [2.05, 4.69) is 12.2 Å². The van der Waals surface area contributed by atoms with E-state index >= 15 is 0 Å². The first-order chi connectivity index (χ1) is 9.63. The SMILES string of the molecule is CCCC1(C(=O)N2CCC(C(=O)OC)CC2)CCNC1. The highest BCUT2D eigenvalue weighted by atomic mass is 16.5. The van der Waals surface area contributed by atoms with Gasteiger partial charge in [-0.2, -0.15) is 0 Å². The normalized spacial score (nSPS) is 27.6. The topological polar surface area (TPSA) is 58.6 Å². The molecule has 0 bridgehead atoms. The fraction of sp³-hybridized carbons (Fsp3) is 0.867. The lowest BCUT2D eigenvalue weighted by Gasteiger charge is -2.37. The molecule has 0 aromatic carbocycles. The molecule has 0 aromatic rings. The quantitative estimate of drug-likeness (QED) is 0.787. The molecule has 1 atom stereocenters. The number of piperidine rings is 1. The van der Waals surface area contributed by atoms with Gasteiger partial charge in [-0.25, -0.2) is 0 Å². The van der Waals surface area contributed by atoms with Crippen molar-refractivity contribution in [1.82, 2.24) is 10.2 Å². The molecule has 0 aromatic heterocycles. The second-order valence-electron chi connectivity index (χ2n) is 6.05. The van der Waals surface area contributed by atoms with Crippen LogP contribution in [0, 0.1) is 11.3 Å². The predicted molar refractivity (Wildman–Crippen MR) is 76.1 cm³/mol. The Hall–Kier alpha value is -1.10. The third kappa shape index (κ3) is 2.97. The van der Waals surface area contributed by atoms with Crippen molar-refractivity contribution < 1.29 is 14.3 Å². The Labute approximate surface area is 121 Å². The lowest BCUT2D eigenvalue weighted by molar-refractivity contribution is -0.151. The molecule has 2 rings (SSSR count). The van der Waals surface area contributed by atoms with E-state index < -0.39 is 0 Å². The Balaban J connectivity index is 1.95. The number of rotatable bonds is 4. The van der Waals surface area contributed by atoms with Crippen LogP contribution in [0.25, 0.3) is 0 Å². The van der Waals surface area contributed by atoms with E-state index in [0.29, 0.717) is 13.1 Å². The van der Waals surface area contributed by atoms with Gasteiger partial charge < -0.3 is 15.0 Å². The molecule has 114 valence electrons. The number of carbonyl (C=O) groups excluding carboxylic acids is 2. The molecule has 0 radical (unpaired) electrons. The Morgan fingerprint density at radius 2 is 2.05 bits per heavy atom. The van der Waals surface area contributed by atoms with Crippen LogP contribution in [-0.4, -0.2) is 50.1 Å². The first-order valence-corrected chi connectivity index (χ1v) is 7.71. The second kappa shape index (κ2) is 6.57. The molecule has 1 N–H and O–H groups in total. The molecular formula is C15H26N2O3. The van der Waals surface area contributed by atoms with Crippen LogP contribution in [0.4, 0.5) is 0 Å². The fourth-order valence-corrected chi connectivity index (χ4v) is 3.55. The van der Waals surface area contributed by atoms with Crippen molar-refractivity contribution in [2.24, 2.45) is 11.3 Å². The van der Waals surface area contributed by atoms with Crippen molar-refractivity contribution in [2.45, 2.75) is 39.0 Å². The molecule has 0 saturated carbocycles. The van der Waals surface area contributed by atoms with E-state index in [1.54, 1.807) is 0 Å². The van der Waals surface area contributed by atoms with Crippen LogP contribution >= 0.6 is 0 Å². The molecule has 0 aliphatic carbocycles. The lowest BCUT2D eigenvalue weighted by atomic mass is 9.80. The molecule has 2 heterocycles. The zero-order valence-electron chi connectivity index (χ0n) is 12.6. The smallest absolute Gasteiger partial charge is 0.308 e. The fourth-order valence-electron chi connectivity index (χ4n) is 3.55. The van der Waals surface area contributed by atoms with Crippen LogP contribution in [-0.2, 0) is 14.3 Å². The monoisotopic (exact) mass is 282 g/mol. The number of esters is 1. The molecule has 1 unspecified atom stereocenters. The Bertz CT molecular complexity index is 356. The summed E-state index contributed by atoms with van der Waals surface area (Å²) in [6, 6.07) is 0. The molecule has 2 saturated heterocycles. The molecule has 5 heteroatoms. The van der Waals surface area contributed by atoms with Crippen molar-refractivity contribution >= 4 is 11.9 Å². The summed E-state index contributed by atoms with van der Waals surface area (Å²) in [7, 11) is 1.43. The number of nitrogens with zero attached hydrogens (tertiary/aromatic N) is 1. The van der Waals surface area contributed by atoms with Crippen LogP contribution in [0.1, 0.15) is 39.0 Å². The van der Waals surface area contributed by atoms with Gasteiger partial charge in [0, 0.05) is 19.6 Å². The minimum atomic E-state index is -0.202. The first-order valence-electron chi connectivity index (χ1n) is 7.71. The molecular weight excluding hydrogens is 256 g/mol. The van der Waals surface area contributed by atoms with Crippen molar-refractivity contribution in [2.75, 3.05) is 33.3 Å². The molecule has 2 fully saturated rings. The molecule has 5 nitrogen and oxygen atoms in total. The minimum Gasteiger partial charge on any atom is -0.469 e. The number of methoxy groups -OCH3 is 1. The van der Waals surface area contributed by atoms with Crippen molar-refractivity contribution in [3.8, 4) is 0 Å². The van der Waals surface area contributed by atoms with Gasteiger partial charge in [0.2, 0.25) is 5.91 Å². The first kappa shape index (κ1) is 15.3. The summed E-state index contributed by atoms with van der Waals surface area (Å²) < 4.78 is 4.79. The number of amides is 1. The van der Waals surface area contributed by atoms with Crippen LogP contribution in [0.3, 0.4) is 0 Å². The maximum absolute atomic E-state index is 12.8. The van der Waals surface area contributed by atoms with Gasteiger partial charge in [0.05, 0.1) is 18.4 Å². The third-order valence-electron chi connectivity index (χ3n) is 4.74. The molecule has 2 aliphatic heterocycles. The van der Waals surface area contributed by atoms with Gasteiger partial charge in [0.25, 0.3) is 0 Å². The highest BCUT2D eigenvalue weighted by molar-refractivity contribution is 5.84. The van der Waals surface area contributed by atoms with Crippen molar-refractivity contribution in [3.05, 3.63) is 0 Å². The summed E-state index contributed by atoms with van der Waals surface area (Å²) in [5.74, 6) is 0.114. The Morgan fingerprint density at radius 3 is 2.55 bits per heavy atom. The van der Waals surface area contributed by atoms with Crippen LogP contribution in [0.2, 0.25) is 0 Å². The van der Waals surface area contributed by atoms with Gasteiger partial charge in [-0.1, -0.05) is 13.3 Å². The van der Waals surface area contributed by atoms with Gasteiger partial charge in [0.15, 0.2) is 0 Å². The third-order valence-corrected chi connectivity index (χ3v) is 4.74. The summed E-state index contributed by atoms with van der Waals surface area (Å²) in [5, 5.41) is 3.33. The Kier molecular flexibility index (Phi) is 5.02. The van der Waals surface area contributed by atoms with Crippen molar-refractivity contribution in [3.63, 3.8) is 0 Å². The largest absolute Gasteiger partial charge is 0.469 e. The van der Waals surface area contributed by atoms with Crippen LogP contribution in [0.15, 0.2) is 0 Å². The summed E-state index contributed by atoms with van der Waals surface area (Å²) in [5.41, 5.74) is -0.202. The standard InChI is InChI=1S/C15H26N2O3/c1-3-6-15(7-8-16-11-15)14(19)17-9-4-12(5-10-17)13(18)20-2/h12,16H,3-11H2,1-2H3. The molecule has 20 heavy (non-hydrogen) atoms. The van der Waals surface area contributed by atoms with E-state index in [-0.39, 0.29) is 23.2 Å². The number of hydrogen-bond acceptors (Lipinski definition) is 4. The number of hydrogen-bond donors (Lipinski definition) is 1. The van der Waals surface area contributed by atoms with E-state index in [1.165, 1.54) is 7.11 Å². The Morgan fingerprint density at radius 1 is 1.35 bits per heavy atom. The predicted octanol–water partition coefficient (Wildman–Crippen LogP) is 1.18. The van der Waals surface area contributed by atoms with Crippen LogP contribution in [0.5, 0.6) is 0 Å². The van der Waals surface area contributed by atoms with Gasteiger partial charge in [-0.05, 0) is 32.2 Å². The van der Waals surface area contributed by atoms with E-state index in [0.717, 1.165) is 45.2 Å². The minimum absolute atomic E-state index is 0.0344. The average molecular weight is 282 g/mol. The lowest BCUT2D eigenvalue weighted by Crippen LogP contribution is -2.49. The van der Waals surface area contributed by atoms with Gasteiger partial charge in [0.1, 0.15) is 0 Å². The maximum Gasteiger partial charge on any atom is 0.308 e. The average Bonchev–Trinajstić information content (AvgIpc) is 2.96. The number of likely N-dealkylation sites (tertiary alicyclic amines) is 1. The van der Waals surface area contributed by atoms with Gasteiger partial charge in [-0.3, -0.25) is 9.59 Å². The summed E-state index contributed by atoms with van der Waals surface area (Å²) in [6.45, 7) is 5.24. The maximum atomic E-state index is 12.8. The second-order valence-corrected chi connectivity index (χ2v) is 6.05. The number of carbonyl (C=O) groups is 2.